The SMILES string of the molecule is Cc1ccc(-c2nc(-c3ccccc3)ncc2CN)c(C)c1. The van der Waals surface area contributed by atoms with E-state index in [0.717, 1.165) is 28.2 Å². The van der Waals surface area contributed by atoms with Gasteiger partial charge in [0.05, 0.1) is 5.69 Å². The second-order valence-corrected chi connectivity index (χ2v) is 5.46. The average molecular weight is 289 g/mol. The molecule has 0 radical (unpaired) electrons. The van der Waals surface area contributed by atoms with Crippen LogP contribution in [0.25, 0.3) is 22.6 Å². The normalized spacial score (nSPS) is 10.7. The highest BCUT2D eigenvalue weighted by atomic mass is 14.9. The first-order chi connectivity index (χ1) is 10.7. The maximum absolute atomic E-state index is 5.88. The Morgan fingerprint density at radius 3 is 2.45 bits per heavy atom. The summed E-state index contributed by atoms with van der Waals surface area (Å²) < 4.78 is 0. The van der Waals surface area contributed by atoms with Gasteiger partial charge in [0.2, 0.25) is 0 Å². The van der Waals surface area contributed by atoms with Crippen molar-refractivity contribution in [1.82, 2.24) is 9.97 Å². The molecule has 3 rings (SSSR count). The van der Waals surface area contributed by atoms with Gasteiger partial charge >= 0.3 is 0 Å². The lowest BCUT2D eigenvalue weighted by Gasteiger charge is -2.12. The Morgan fingerprint density at radius 2 is 1.77 bits per heavy atom. The number of aromatic nitrogens is 2. The zero-order valence-electron chi connectivity index (χ0n) is 12.9. The van der Waals surface area contributed by atoms with E-state index in [1.54, 1.807) is 0 Å². The van der Waals surface area contributed by atoms with Gasteiger partial charge in [0, 0.05) is 29.4 Å². The van der Waals surface area contributed by atoms with Crippen molar-refractivity contribution in [3.05, 3.63) is 71.4 Å². The summed E-state index contributed by atoms with van der Waals surface area (Å²) in [6.45, 7) is 4.63. The van der Waals surface area contributed by atoms with Crippen LogP contribution in [0.1, 0.15) is 16.7 Å². The van der Waals surface area contributed by atoms with Crippen molar-refractivity contribution in [3.63, 3.8) is 0 Å². The van der Waals surface area contributed by atoms with E-state index in [0.29, 0.717) is 6.54 Å². The molecule has 0 saturated carbocycles. The maximum atomic E-state index is 5.88. The van der Waals surface area contributed by atoms with Gasteiger partial charge < -0.3 is 5.73 Å². The van der Waals surface area contributed by atoms with Gasteiger partial charge in [-0.3, -0.25) is 0 Å². The third-order valence-electron chi connectivity index (χ3n) is 3.75. The summed E-state index contributed by atoms with van der Waals surface area (Å²) in [6, 6.07) is 16.4. The van der Waals surface area contributed by atoms with Crippen molar-refractivity contribution in [2.75, 3.05) is 0 Å². The lowest BCUT2D eigenvalue weighted by atomic mass is 10.00. The lowest BCUT2D eigenvalue weighted by molar-refractivity contribution is 1.02. The van der Waals surface area contributed by atoms with Crippen molar-refractivity contribution in [1.29, 1.82) is 0 Å². The van der Waals surface area contributed by atoms with Gasteiger partial charge in [0.15, 0.2) is 5.82 Å². The third kappa shape index (κ3) is 2.76. The van der Waals surface area contributed by atoms with Gasteiger partial charge in [-0.1, -0.05) is 54.1 Å². The van der Waals surface area contributed by atoms with Crippen molar-refractivity contribution >= 4 is 0 Å². The maximum Gasteiger partial charge on any atom is 0.159 e. The van der Waals surface area contributed by atoms with E-state index in [9.17, 15) is 0 Å². The summed E-state index contributed by atoms with van der Waals surface area (Å²) in [5, 5.41) is 0. The van der Waals surface area contributed by atoms with E-state index < -0.39 is 0 Å². The van der Waals surface area contributed by atoms with Gasteiger partial charge in [-0.05, 0) is 19.4 Å². The van der Waals surface area contributed by atoms with Crippen molar-refractivity contribution in [2.24, 2.45) is 5.73 Å². The predicted octanol–water partition coefficient (Wildman–Crippen LogP) is 3.89. The van der Waals surface area contributed by atoms with E-state index in [1.165, 1.54) is 11.1 Å². The van der Waals surface area contributed by atoms with Crippen LogP contribution >= 0.6 is 0 Å². The van der Waals surface area contributed by atoms with Gasteiger partial charge in [-0.15, -0.1) is 0 Å². The van der Waals surface area contributed by atoms with Crippen LogP contribution in [0, 0.1) is 13.8 Å². The van der Waals surface area contributed by atoms with Gasteiger partial charge in [-0.2, -0.15) is 0 Å². The van der Waals surface area contributed by atoms with E-state index in [1.807, 2.05) is 36.5 Å². The zero-order chi connectivity index (χ0) is 15.5. The quantitative estimate of drug-likeness (QED) is 0.796. The minimum atomic E-state index is 0.428. The van der Waals surface area contributed by atoms with Crippen molar-refractivity contribution in [2.45, 2.75) is 20.4 Å². The molecule has 0 bridgehead atoms. The average Bonchev–Trinajstić information content (AvgIpc) is 2.55. The highest BCUT2D eigenvalue weighted by molar-refractivity contribution is 5.69. The van der Waals surface area contributed by atoms with Crippen LogP contribution in [-0.2, 0) is 6.54 Å². The Bertz CT molecular complexity index is 795. The number of rotatable bonds is 3. The summed E-state index contributed by atoms with van der Waals surface area (Å²) in [6.07, 6.45) is 1.84. The Morgan fingerprint density at radius 1 is 1.00 bits per heavy atom. The molecule has 1 aromatic heterocycles. The van der Waals surface area contributed by atoms with Crippen LogP contribution in [0.15, 0.2) is 54.7 Å². The Kier molecular flexibility index (Phi) is 3.98. The Labute approximate surface area is 130 Å². The molecule has 110 valence electrons. The predicted molar refractivity (Wildman–Crippen MR) is 90.3 cm³/mol. The number of aryl methyl sites for hydroxylation is 2. The molecule has 0 unspecified atom stereocenters. The molecule has 2 N–H and O–H groups in total. The van der Waals surface area contributed by atoms with Crippen LogP contribution in [0.3, 0.4) is 0 Å². The summed E-state index contributed by atoms with van der Waals surface area (Å²) in [7, 11) is 0. The fourth-order valence-electron chi connectivity index (χ4n) is 2.59. The van der Waals surface area contributed by atoms with E-state index in [2.05, 4.69) is 37.0 Å². The number of benzene rings is 2. The Hall–Kier alpha value is -2.52. The molecule has 0 amide bonds. The number of hydrogen-bond donors (Lipinski definition) is 1. The van der Waals surface area contributed by atoms with Gasteiger partial charge in [0.1, 0.15) is 0 Å². The molecule has 0 aliphatic rings. The molecule has 0 saturated heterocycles. The molecular weight excluding hydrogens is 270 g/mol. The summed E-state index contributed by atoms with van der Waals surface area (Å²) in [5.74, 6) is 0.729. The van der Waals surface area contributed by atoms with Crippen LogP contribution in [0.4, 0.5) is 0 Å². The summed E-state index contributed by atoms with van der Waals surface area (Å²) in [5.41, 5.74) is 12.3. The molecule has 0 aliphatic carbocycles. The molecule has 2 aromatic carbocycles. The molecule has 1 heterocycles. The lowest BCUT2D eigenvalue weighted by Crippen LogP contribution is -2.04. The molecule has 3 aromatic rings. The monoisotopic (exact) mass is 289 g/mol. The van der Waals surface area contributed by atoms with Crippen LogP contribution in [0.2, 0.25) is 0 Å². The van der Waals surface area contributed by atoms with Crippen LogP contribution < -0.4 is 5.73 Å². The van der Waals surface area contributed by atoms with E-state index in [4.69, 9.17) is 10.7 Å². The molecule has 0 atom stereocenters. The first-order valence-electron chi connectivity index (χ1n) is 7.38. The molecule has 0 aliphatic heterocycles. The highest BCUT2D eigenvalue weighted by Crippen LogP contribution is 2.27. The molecular formula is C19H19N3. The molecule has 0 spiro atoms. The fraction of sp³-hybridized carbons (Fsp3) is 0.158. The number of hydrogen-bond acceptors (Lipinski definition) is 3. The van der Waals surface area contributed by atoms with Gasteiger partial charge in [0.25, 0.3) is 0 Å². The van der Waals surface area contributed by atoms with E-state index >= 15 is 0 Å². The Balaban J connectivity index is 2.17. The van der Waals surface area contributed by atoms with Crippen molar-refractivity contribution < 1.29 is 0 Å². The standard InChI is InChI=1S/C19H19N3/c1-13-8-9-17(14(2)10-13)18-16(11-20)12-21-19(22-18)15-6-4-3-5-7-15/h3-10,12H,11,20H2,1-2H3. The zero-order valence-corrected chi connectivity index (χ0v) is 12.9. The summed E-state index contributed by atoms with van der Waals surface area (Å²) in [4.78, 5) is 9.25. The minimum absolute atomic E-state index is 0.428. The molecule has 3 heteroatoms. The molecule has 3 nitrogen and oxygen atoms in total. The smallest absolute Gasteiger partial charge is 0.159 e. The molecule has 22 heavy (non-hydrogen) atoms. The summed E-state index contributed by atoms with van der Waals surface area (Å²) >= 11 is 0. The van der Waals surface area contributed by atoms with E-state index in [-0.39, 0.29) is 0 Å². The van der Waals surface area contributed by atoms with Crippen LogP contribution in [-0.4, -0.2) is 9.97 Å². The first kappa shape index (κ1) is 14.4. The second kappa shape index (κ2) is 6.08. The van der Waals surface area contributed by atoms with Crippen molar-refractivity contribution in [3.8, 4) is 22.6 Å². The molecule has 0 fully saturated rings. The van der Waals surface area contributed by atoms with Gasteiger partial charge in [-0.25, -0.2) is 9.97 Å². The fourth-order valence-corrected chi connectivity index (χ4v) is 2.59. The highest BCUT2D eigenvalue weighted by Gasteiger charge is 2.12. The number of nitrogens with zero attached hydrogens (tertiary/aromatic N) is 2. The second-order valence-electron chi connectivity index (χ2n) is 5.46. The first-order valence-corrected chi connectivity index (χ1v) is 7.38. The largest absolute Gasteiger partial charge is 0.326 e. The van der Waals surface area contributed by atoms with Crippen LogP contribution in [0.5, 0.6) is 0 Å². The minimum Gasteiger partial charge on any atom is -0.326 e. The number of nitrogens with two attached hydrogens (primary N) is 1. The third-order valence-corrected chi connectivity index (χ3v) is 3.75. The topological polar surface area (TPSA) is 51.8 Å².